The van der Waals surface area contributed by atoms with Gasteiger partial charge in [0.05, 0.1) is 93.0 Å². The van der Waals surface area contributed by atoms with E-state index in [0.29, 0.717) is 212 Å². The number of hydrogen-bond donors (Lipinski definition) is 7. The molecule has 2 aromatic carbocycles. The van der Waals surface area contributed by atoms with Crippen LogP contribution in [0, 0.1) is 35.5 Å². The van der Waals surface area contributed by atoms with Crippen molar-refractivity contribution in [3.63, 3.8) is 0 Å². The number of nitrogens with one attached hydrogen (secondary N) is 1. The third-order valence-electron chi connectivity index (χ3n) is 29.2. The number of nitrogen functional groups attached to an aromatic ring is 2. The van der Waals surface area contributed by atoms with E-state index >= 15 is 0 Å². The number of cyclic esters (lactones) is 1. The van der Waals surface area contributed by atoms with Gasteiger partial charge in [0.2, 0.25) is 29.5 Å². The fraction of sp³-hybridized carbons (Fsp3) is 0.596. The highest BCUT2D eigenvalue weighted by atomic mass is 16.6. The zero-order valence-electron chi connectivity index (χ0n) is 84.1. The summed E-state index contributed by atoms with van der Waals surface area (Å²) in [6.07, 6.45) is 19.6. The maximum Gasteiger partial charge on any atom is 0.329 e. The molecule has 4 saturated heterocycles. The number of aliphatic hydroxyl groups excluding tert-OH is 3. The summed E-state index contributed by atoms with van der Waals surface area (Å²) >= 11 is 0. The van der Waals surface area contributed by atoms with Crippen LogP contribution in [0.5, 0.6) is 0 Å². The molecule has 0 radical (unpaired) electrons. The van der Waals surface area contributed by atoms with Gasteiger partial charge in [-0.25, -0.2) is 39.4 Å². The molecular formula is C104H143N19O20. The predicted octanol–water partition coefficient (Wildman–Crippen LogP) is 8.32. The van der Waals surface area contributed by atoms with E-state index in [9.17, 15) is 54.0 Å². The van der Waals surface area contributed by atoms with E-state index in [-0.39, 0.29) is 131 Å². The molecule has 9 N–H and O–H groups in total. The molecule has 0 unspecified atom stereocenters. The molecule has 1 aliphatic carbocycles. The molecule has 5 fully saturated rings. The number of carbonyl (C=O) groups is 7. The van der Waals surface area contributed by atoms with E-state index in [0.717, 1.165) is 46.5 Å². The first-order valence-electron chi connectivity index (χ1n) is 50.5. The van der Waals surface area contributed by atoms with Crippen molar-refractivity contribution in [2.75, 3.05) is 154 Å². The summed E-state index contributed by atoms with van der Waals surface area (Å²) in [5.41, 5.74) is 21.3. The zero-order valence-corrected chi connectivity index (χ0v) is 84.1. The van der Waals surface area contributed by atoms with Gasteiger partial charge < -0.3 is 104 Å². The summed E-state index contributed by atoms with van der Waals surface area (Å²) < 4.78 is 49.5. The van der Waals surface area contributed by atoms with Crippen LogP contribution >= 0.6 is 0 Å². The Morgan fingerprint density at radius 3 is 2.16 bits per heavy atom. The number of anilines is 4. The maximum atomic E-state index is 14.8. The van der Waals surface area contributed by atoms with Gasteiger partial charge in [-0.2, -0.15) is 10.1 Å². The smallest absolute Gasteiger partial charge is 0.329 e. The molecule has 11 heterocycles. The number of nitrogens with two attached hydrogens (primary N) is 2. The van der Waals surface area contributed by atoms with E-state index < -0.39 is 84.1 Å². The second-order valence-electron chi connectivity index (χ2n) is 39.4. The summed E-state index contributed by atoms with van der Waals surface area (Å²) in [6.45, 7) is 21.3. The number of aliphatic hydroxyl groups is 4. The van der Waals surface area contributed by atoms with Crippen molar-refractivity contribution < 1.29 is 96.4 Å². The van der Waals surface area contributed by atoms with Crippen molar-refractivity contribution in [1.29, 1.82) is 0 Å². The van der Waals surface area contributed by atoms with Gasteiger partial charge >= 0.3 is 5.97 Å². The van der Waals surface area contributed by atoms with Gasteiger partial charge in [0.1, 0.15) is 47.7 Å². The van der Waals surface area contributed by atoms with Crippen LogP contribution in [-0.2, 0) is 92.7 Å². The number of rotatable bonds is 30. The quantitative estimate of drug-likeness (QED) is 0.00731. The Morgan fingerprint density at radius 1 is 0.699 bits per heavy atom. The van der Waals surface area contributed by atoms with Gasteiger partial charge in [-0.3, -0.25) is 33.7 Å². The summed E-state index contributed by atoms with van der Waals surface area (Å²) in [5.74, 6) is -6.64. The lowest BCUT2D eigenvalue weighted by Gasteiger charge is -2.43. The van der Waals surface area contributed by atoms with Crippen molar-refractivity contribution in [2.45, 2.75) is 231 Å². The first-order valence-corrected chi connectivity index (χ1v) is 50.5. The number of allylic oxidation sites excluding steroid dienone is 5. The number of benzene rings is 2. The SMILES string of the molecule is CO[C@H]1C[C@@H]2CC[C@@H](C)[C@@](O)(O2)C(=O)C(=O)N2CCCC[C@H]2C(=O)O[C@H]([C@H](C)C[C@@H]2CC[C@@H](O)[C@H](OC)C2)C[C@@H](O)[C@H](C)/C=C(\C)[C@@H](O)[C@@H](OC)C(=NOCC(=O)CCc2cnc(N3CCN(C(=O)CCOCCN4CCN(c5ncc(C(=O)NCCOCCC(=O)N6CCc7cc(Cn8nc(-c9ccc%10oc(N)nc%10c9)c9c(N)ncnc98)ccc7C6)cn5)CC4)CC3)nc2)[C@H](C)C[C@H](C)/C=C/C=C/C=C/1C. The highest BCUT2D eigenvalue weighted by Gasteiger charge is 2.54. The molecule has 39 heteroatoms. The molecule has 2 bridgehead atoms. The van der Waals surface area contributed by atoms with Crippen molar-refractivity contribution in [1.82, 2.24) is 69.6 Å². The molecule has 0 spiro atoms. The highest BCUT2D eigenvalue weighted by Crippen LogP contribution is 2.40. The molecule has 16 atom stereocenters. The molecule has 4 amide bonds. The van der Waals surface area contributed by atoms with Gasteiger partial charge in [-0.15, -0.1) is 0 Å². The molecular weight excluding hydrogens is 1840 g/mol. The first-order chi connectivity index (χ1) is 68.9. The van der Waals surface area contributed by atoms with Crippen molar-refractivity contribution >= 4 is 92.7 Å². The van der Waals surface area contributed by atoms with Gasteiger partial charge in [-0.1, -0.05) is 94.4 Å². The number of amides is 4. The zero-order chi connectivity index (χ0) is 102. The maximum absolute atomic E-state index is 14.8. The van der Waals surface area contributed by atoms with E-state index in [2.05, 4.69) is 74.2 Å². The van der Waals surface area contributed by atoms with Gasteiger partial charge in [0.15, 0.2) is 23.6 Å². The van der Waals surface area contributed by atoms with E-state index in [1.807, 2.05) is 88.7 Å². The third-order valence-corrected chi connectivity index (χ3v) is 29.2. The number of aryl methyl sites for hydroxylation is 1. The highest BCUT2D eigenvalue weighted by molar-refractivity contribution is 6.39. The summed E-state index contributed by atoms with van der Waals surface area (Å²) in [5, 5.41) is 60.5. The second-order valence-corrected chi connectivity index (χ2v) is 39.4. The molecule has 5 aromatic heterocycles. The Balaban J connectivity index is 0.490. The summed E-state index contributed by atoms with van der Waals surface area (Å²) in [7, 11) is 4.61. The Morgan fingerprint density at radius 2 is 1.43 bits per heavy atom. The van der Waals surface area contributed by atoms with Crippen molar-refractivity contribution in [3.8, 4) is 11.3 Å². The van der Waals surface area contributed by atoms with E-state index in [1.165, 1.54) is 30.7 Å². The number of carbonyl (C=O) groups excluding carboxylic acids is 7. The lowest BCUT2D eigenvalue weighted by molar-refractivity contribution is -0.265. The first kappa shape index (κ1) is 107. The number of hydrogen-bond acceptors (Lipinski definition) is 34. The number of ether oxygens (including phenoxy) is 7. The monoisotopic (exact) mass is 1980 g/mol. The van der Waals surface area contributed by atoms with E-state index in [4.69, 9.17) is 59.0 Å². The van der Waals surface area contributed by atoms with E-state index in [1.54, 1.807) is 59.5 Å². The minimum atomic E-state index is -2.47. The predicted molar refractivity (Wildman–Crippen MR) is 534 cm³/mol. The number of ketones is 2. The Hall–Kier alpha value is -11.5. The number of nitrogens with zero attached hydrogens (tertiary/aromatic N) is 16. The fourth-order valence-corrected chi connectivity index (χ4v) is 20.4. The fourth-order valence-electron chi connectivity index (χ4n) is 20.4. The van der Waals surface area contributed by atoms with Crippen LogP contribution in [0.1, 0.15) is 177 Å². The number of esters is 1. The second kappa shape index (κ2) is 50.8. The van der Waals surface area contributed by atoms with Crippen LogP contribution in [0.15, 0.2) is 125 Å². The van der Waals surface area contributed by atoms with Crippen LogP contribution in [0.4, 0.5) is 23.7 Å². The molecule has 7 aliphatic rings. The van der Waals surface area contributed by atoms with Gasteiger partial charge in [-0.05, 0) is 160 Å². The van der Waals surface area contributed by atoms with Crippen LogP contribution < -0.4 is 26.6 Å². The number of piperidine rings is 1. The van der Waals surface area contributed by atoms with Crippen LogP contribution in [0.3, 0.4) is 0 Å². The molecule has 1 saturated carbocycles. The number of oxime groups is 1. The molecule has 774 valence electrons. The average molecular weight is 1980 g/mol. The number of fused-ring (bicyclic) bond motifs is 6. The Kier molecular flexibility index (Phi) is 38.1. The topological polar surface area (TPSA) is 491 Å². The van der Waals surface area contributed by atoms with Gasteiger partial charge in [0.25, 0.3) is 23.6 Å². The molecule has 6 aliphatic heterocycles. The summed E-state index contributed by atoms with van der Waals surface area (Å²) in [6, 6.07) is 10.7. The lowest BCUT2D eigenvalue weighted by atomic mass is 9.78. The lowest BCUT2D eigenvalue weighted by Crippen LogP contribution is -2.61. The van der Waals surface area contributed by atoms with Crippen LogP contribution in [0.25, 0.3) is 33.4 Å². The number of oxazole rings is 1. The average Bonchev–Trinajstić information content (AvgIpc) is 1.62. The Bertz CT molecular complexity index is 5640. The standard InChI is InChI=1S/C104H143N19O20/c1-64-16-12-11-13-17-65(2)85(135-8)54-79-26-19-70(7)104(134,143-79)95(130)99(132)122-33-15-14-18-81(122)100(133)141-86(67(4)50-71-22-27-82(125)87(52-71)136-9)55-83(126)66(3)49-69(6)93(129)94(137-10)91(68(5)48-64)116-140-62-78(124)25-21-73-56-108-102(109-57-73)120-41-39-118(40-42-120)88(127)30-45-139-47-43-117-35-37-119(38-36-117)103-110-58-77(59-111-103)98(131)107-32-46-138-44-31-89(128)121-34-29-74-51-72(20-23-76(74)61-121)60-123-97-90(96(105)112-63-113-97)92(115-123)75-24-28-84-80(53-75)114-101(106)142-84/h11-13,16-17,20,23-24,28,49,51,53,56-59,63-64,66-68,70-71,79,81-83,85-87,93-94,125-126,129,134H,14-15,18-19,21-22,25-27,29-48,50,52,54-55,60-62H2,1-10H3,(H2,106,114)(H,107,131)(H2,105,112,113)/b13-11+,16-12+,65-17+,69-49+,116-91?/t64-,66-,67-,68-,70-,71+,79+,81+,82-,83-,85+,86+,87-,93-,94+,104-/m1/s1. The number of Topliss-reactive ketones (excluding diaryl/α,β-unsaturated/α-hetero) is 2. The molecule has 143 heavy (non-hydrogen) atoms. The van der Waals surface area contributed by atoms with Crippen molar-refractivity contribution in [3.05, 3.63) is 143 Å². The van der Waals surface area contributed by atoms with Gasteiger partial charge in [0, 0.05) is 174 Å². The minimum Gasteiger partial charge on any atom is -0.460 e. The third kappa shape index (κ3) is 28.0. The molecule has 7 aromatic rings. The number of piperazine rings is 2. The number of aromatic nitrogens is 9. The normalized spacial score (nSPS) is 27.5. The largest absolute Gasteiger partial charge is 0.460 e. The Labute approximate surface area is 834 Å². The van der Waals surface area contributed by atoms with Crippen LogP contribution in [-0.4, -0.2) is 325 Å². The molecule has 14 rings (SSSR count). The van der Waals surface area contributed by atoms with Crippen molar-refractivity contribution in [2.24, 2.45) is 40.7 Å². The minimum absolute atomic E-state index is 0.00804. The van der Waals surface area contributed by atoms with Crippen LogP contribution in [0.2, 0.25) is 0 Å². The summed E-state index contributed by atoms with van der Waals surface area (Å²) in [4.78, 5) is 146. The number of methoxy groups -OCH3 is 3. The molecule has 39 nitrogen and oxygen atoms in total.